The third-order valence-corrected chi connectivity index (χ3v) is 1.16. The molecule has 1 aromatic rings. The predicted molar refractivity (Wildman–Crippen MR) is 45.5 cm³/mol. The summed E-state index contributed by atoms with van der Waals surface area (Å²) in [6.45, 7) is 0. The minimum Gasteiger partial charge on any atom is -0.369 e. The van der Waals surface area contributed by atoms with E-state index in [9.17, 15) is 9.59 Å². The van der Waals surface area contributed by atoms with Crippen molar-refractivity contribution in [2.75, 3.05) is 0 Å². The molecule has 5 heteroatoms. The van der Waals surface area contributed by atoms with Gasteiger partial charge >= 0.3 is 0 Å². The number of hydrogen-bond acceptors (Lipinski definition) is 3. The number of primary amides is 1. The van der Waals surface area contributed by atoms with Gasteiger partial charge in [-0.2, -0.15) is 5.10 Å². The minimum atomic E-state index is -0.489. The molecule has 0 atom stereocenters. The number of carbonyl (C=O) groups excluding carboxylic acids is 1. The Kier molecular flexibility index (Phi) is 2.82. The van der Waals surface area contributed by atoms with Gasteiger partial charge in [-0.05, 0) is 12.0 Å². The van der Waals surface area contributed by atoms with Crippen molar-refractivity contribution >= 4 is 5.91 Å². The van der Waals surface area contributed by atoms with Crippen LogP contribution in [0.5, 0.6) is 0 Å². The van der Waals surface area contributed by atoms with E-state index in [1.54, 1.807) is 0 Å². The Labute approximate surface area is 74.0 Å². The van der Waals surface area contributed by atoms with Crippen molar-refractivity contribution in [3.8, 4) is 11.8 Å². The number of hydrogen-bond donors (Lipinski definition) is 2. The zero-order valence-corrected chi connectivity index (χ0v) is 6.70. The van der Waals surface area contributed by atoms with Crippen LogP contribution in [-0.4, -0.2) is 16.1 Å². The lowest BCUT2D eigenvalue weighted by molar-refractivity contribution is -0.117. The molecule has 0 aliphatic heterocycles. The Hall–Kier alpha value is -2.09. The normalized spacial score (nSPS) is 8.62. The summed E-state index contributed by atoms with van der Waals surface area (Å²) >= 11 is 0. The fourth-order valence-corrected chi connectivity index (χ4v) is 0.636. The van der Waals surface area contributed by atoms with Gasteiger partial charge in [-0.3, -0.25) is 9.59 Å². The van der Waals surface area contributed by atoms with Crippen LogP contribution in [0.2, 0.25) is 0 Å². The van der Waals surface area contributed by atoms with Crippen molar-refractivity contribution in [3.63, 3.8) is 0 Å². The molecule has 1 heterocycles. The lowest BCUT2D eigenvalue weighted by Gasteiger charge is -1.85. The summed E-state index contributed by atoms with van der Waals surface area (Å²) < 4.78 is 0. The molecule has 0 aliphatic carbocycles. The van der Waals surface area contributed by atoms with Gasteiger partial charge in [0.25, 0.3) is 5.56 Å². The topological polar surface area (TPSA) is 88.8 Å². The molecule has 0 radical (unpaired) electrons. The lowest BCUT2D eigenvalue weighted by atomic mass is 10.3. The van der Waals surface area contributed by atoms with E-state index in [2.05, 4.69) is 22.0 Å². The van der Waals surface area contributed by atoms with Gasteiger partial charge in [-0.25, -0.2) is 5.10 Å². The van der Waals surface area contributed by atoms with Gasteiger partial charge in [0.2, 0.25) is 5.91 Å². The van der Waals surface area contributed by atoms with Gasteiger partial charge in [-0.1, -0.05) is 5.92 Å². The summed E-state index contributed by atoms with van der Waals surface area (Å²) in [5, 5.41) is 5.83. The van der Waals surface area contributed by atoms with Gasteiger partial charge in [0.1, 0.15) is 5.69 Å². The lowest BCUT2D eigenvalue weighted by Crippen LogP contribution is -2.08. The molecule has 0 spiro atoms. The van der Waals surface area contributed by atoms with Gasteiger partial charge in [0.15, 0.2) is 0 Å². The summed E-state index contributed by atoms with van der Waals surface area (Å²) in [7, 11) is 0. The molecule has 0 aliphatic rings. The number of aromatic nitrogens is 2. The minimum absolute atomic E-state index is 0.0131. The van der Waals surface area contributed by atoms with Crippen LogP contribution in [0.4, 0.5) is 0 Å². The van der Waals surface area contributed by atoms with Crippen LogP contribution in [-0.2, 0) is 4.79 Å². The number of nitrogens with one attached hydrogen (secondary N) is 1. The Bertz CT molecular complexity index is 405. The molecule has 0 aromatic carbocycles. The van der Waals surface area contributed by atoms with E-state index in [4.69, 9.17) is 5.73 Å². The Morgan fingerprint density at radius 2 is 2.38 bits per heavy atom. The molecule has 1 amide bonds. The van der Waals surface area contributed by atoms with Crippen molar-refractivity contribution < 1.29 is 4.79 Å². The smallest absolute Gasteiger partial charge is 0.264 e. The van der Waals surface area contributed by atoms with E-state index < -0.39 is 5.91 Å². The van der Waals surface area contributed by atoms with Crippen molar-refractivity contribution in [2.45, 2.75) is 6.42 Å². The average molecular weight is 177 g/mol. The Morgan fingerprint density at radius 1 is 1.62 bits per heavy atom. The predicted octanol–water partition coefficient (Wildman–Crippen LogP) is -1.00. The Morgan fingerprint density at radius 3 is 2.92 bits per heavy atom. The van der Waals surface area contributed by atoms with E-state index >= 15 is 0 Å². The first-order chi connectivity index (χ1) is 6.18. The first kappa shape index (κ1) is 9.00. The maximum absolute atomic E-state index is 10.6. The molecule has 1 rings (SSSR count). The summed E-state index contributed by atoms with van der Waals surface area (Å²) in [6, 6.07) is 2.77. The maximum atomic E-state index is 10.6. The van der Waals surface area contributed by atoms with Crippen molar-refractivity contribution in [3.05, 3.63) is 28.2 Å². The molecule has 66 valence electrons. The number of nitrogens with zero attached hydrogens (tertiary/aromatic N) is 1. The molecule has 0 saturated carbocycles. The van der Waals surface area contributed by atoms with Crippen LogP contribution < -0.4 is 11.3 Å². The van der Waals surface area contributed by atoms with Crippen LogP contribution in [0.3, 0.4) is 0 Å². The summed E-state index contributed by atoms with van der Waals surface area (Å²) in [6.07, 6.45) is -0.0131. The highest BCUT2D eigenvalue weighted by Gasteiger charge is 1.88. The van der Waals surface area contributed by atoms with Gasteiger partial charge < -0.3 is 5.73 Å². The average Bonchev–Trinajstić information content (AvgIpc) is 2.08. The van der Waals surface area contributed by atoms with Crippen molar-refractivity contribution in [2.24, 2.45) is 5.73 Å². The third-order valence-electron chi connectivity index (χ3n) is 1.16. The highest BCUT2D eigenvalue weighted by Crippen LogP contribution is 1.83. The SMILES string of the molecule is NC(=O)CC#Cc1ccc(=O)[nH]n1. The molecule has 1 aromatic heterocycles. The fraction of sp³-hybridized carbons (Fsp3) is 0.125. The molecule has 5 nitrogen and oxygen atoms in total. The molecular weight excluding hydrogens is 170 g/mol. The number of amides is 1. The quantitative estimate of drug-likeness (QED) is 0.539. The number of aromatic amines is 1. The summed E-state index contributed by atoms with van der Waals surface area (Å²) in [5.41, 5.74) is 4.97. The monoisotopic (exact) mass is 177 g/mol. The van der Waals surface area contributed by atoms with Crippen LogP contribution in [0.15, 0.2) is 16.9 Å². The van der Waals surface area contributed by atoms with Crippen LogP contribution >= 0.6 is 0 Å². The van der Waals surface area contributed by atoms with E-state index in [0.717, 1.165) is 0 Å². The van der Waals surface area contributed by atoms with Crippen molar-refractivity contribution in [1.29, 1.82) is 0 Å². The molecule has 0 saturated heterocycles. The van der Waals surface area contributed by atoms with E-state index in [1.807, 2.05) is 0 Å². The van der Waals surface area contributed by atoms with E-state index in [-0.39, 0.29) is 12.0 Å². The fourth-order valence-electron chi connectivity index (χ4n) is 0.636. The maximum Gasteiger partial charge on any atom is 0.264 e. The van der Waals surface area contributed by atoms with Crippen molar-refractivity contribution in [1.82, 2.24) is 10.2 Å². The standard InChI is InChI=1S/C8H7N3O2/c9-7(12)3-1-2-6-4-5-8(13)11-10-6/h4-5H,3H2,(H2,9,12)(H,11,13). The number of H-pyrrole nitrogens is 1. The van der Waals surface area contributed by atoms with Crippen LogP contribution in [0, 0.1) is 11.8 Å². The zero-order valence-electron chi connectivity index (χ0n) is 6.70. The number of nitrogens with two attached hydrogens (primary N) is 1. The molecular formula is C8H7N3O2. The van der Waals surface area contributed by atoms with Gasteiger partial charge in [0, 0.05) is 6.07 Å². The molecule has 13 heavy (non-hydrogen) atoms. The summed E-state index contributed by atoms with van der Waals surface area (Å²) in [5.74, 6) is 4.59. The molecule has 3 N–H and O–H groups in total. The molecule has 0 unspecified atom stereocenters. The largest absolute Gasteiger partial charge is 0.369 e. The Balaban J connectivity index is 2.72. The van der Waals surface area contributed by atoms with Gasteiger partial charge in [0.05, 0.1) is 6.42 Å². The zero-order chi connectivity index (χ0) is 9.68. The second kappa shape index (κ2) is 4.07. The molecule has 0 bridgehead atoms. The third kappa shape index (κ3) is 3.20. The highest BCUT2D eigenvalue weighted by atomic mass is 16.1. The molecule has 0 fully saturated rings. The first-order valence-electron chi connectivity index (χ1n) is 3.51. The number of carbonyl (C=O) groups is 1. The second-order valence-corrected chi connectivity index (χ2v) is 2.25. The number of rotatable bonds is 1. The van der Waals surface area contributed by atoms with E-state index in [1.165, 1.54) is 12.1 Å². The second-order valence-electron chi connectivity index (χ2n) is 2.25. The van der Waals surface area contributed by atoms with E-state index in [0.29, 0.717) is 5.69 Å². The van der Waals surface area contributed by atoms with Crippen LogP contribution in [0.1, 0.15) is 12.1 Å². The summed E-state index contributed by atoms with van der Waals surface area (Å²) in [4.78, 5) is 20.8. The first-order valence-corrected chi connectivity index (χ1v) is 3.51. The van der Waals surface area contributed by atoms with Crippen LogP contribution in [0.25, 0.3) is 0 Å². The van der Waals surface area contributed by atoms with Gasteiger partial charge in [-0.15, -0.1) is 0 Å². The highest BCUT2D eigenvalue weighted by molar-refractivity contribution is 5.76.